The molecule has 3 nitrogen and oxygen atoms in total. The van der Waals surface area contributed by atoms with Crippen LogP contribution in [0.4, 0.5) is 5.69 Å². The number of aryl methyl sites for hydroxylation is 2. The van der Waals surface area contributed by atoms with E-state index >= 15 is 0 Å². The maximum Gasteiger partial charge on any atom is 0.0909 e. The van der Waals surface area contributed by atoms with Gasteiger partial charge in [0.05, 0.1) is 18.6 Å². The highest BCUT2D eigenvalue weighted by atomic mass is 16.5. The largest absolute Gasteiger partial charge is 0.381 e. The molecule has 1 heterocycles. The monoisotopic (exact) mass is 330 g/mol. The number of hydrogen-bond acceptors (Lipinski definition) is 2. The highest BCUT2D eigenvalue weighted by molar-refractivity contribution is 5.64. The van der Waals surface area contributed by atoms with E-state index in [1.807, 2.05) is 6.34 Å². The lowest BCUT2D eigenvalue weighted by molar-refractivity contribution is 0.132. The first-order chi connectivity index (χ1) is 11.7. The van der Waals surface area contributed by atoms with Crippen LogP contribution in [-0.4, -0.2) is 38.0 Å². The predicted octanol–water partition coefficient (Wildman–Crippen LogP) is 5.06. The summed E-state index contributed by atoms with van der Waals surface area (Å²) >= 11 is 0. The van der Waals surface area contributed by atoms with Crippen LogP contribution in [0.25, 0.3) is 0 Å². The van der Waals surface area contributed by atoms with Crippen molar-refractivity contribution in [2.24, 2.45) is 4.99 Å². The number of aliphatic imine (C=N–C) groups is 1. The number of hydrogen-bond donors (Lipinski definition) is 0. The molecule has 1 aromatic rings. The van der Waals surface area contributed by atoms with Crippen LogP contribution in [-0.2, 0) is 17.6 Å². The van der Waals surface area contributed by atoms with Crippen LogP contribution in [0, 0.1) is 6.92 Å². The van der Waals surface area contributed by atoms with Crippen molar-refractivity contribution in [3.05, 3.63) is 28.8 Å². The zero-order valence-corrected chi connectivity index (χ0v) is 15.8. The Kier molecular flexibility index (Phi) is 8.31. The summed E-state index contributed by atoms with van der Waals surface area (Å²) in [7, 11) is 2.09. The molecule has 0 unspecified atom stereocenters. The third-order valence-corrected chi connectivity index (χ3v) is 4.74. The fourth-order valence-corrected chi connectivity index (χ4v) is 3.31. The molecule has 0 amide bonds. The van der Waals surface area contributed by atoms with E-state index in [9.17, 15) is 0 Å². The SMILES string of the molecule is CCCN(C)/C=N/c1cc2c(cc1C)CCCCCCCOCC2. The van der Waals surface area contributed by atoms with Gasteiger partial charge in [0.2, 0.25) is 0 Å². The number of rotatable bonds is 4. The van der Waals surface area contributed by atoms with E-state index in [0.29, 0.717) is 0 Å². The molecule has 0 spiro atoms. The summed E-state index contributed by atoms with van der Waals surface area (Å²) in [6.45, 7) is 7.15. The van der Waals surface area contributed by atoms with Gasteiger partial charge in [0.25, 0.3) is 0 Å². The molecule has 0 fully saturated rings. The molecular formula is C21H34N2O. The number of benzene rings is 1. The molecule has 1 aliphatic rings. The Morgan fingerprint density at radius 3 is 2.62 bits per heavy atom. The van der Waals surface area contributed by atoms with Crippen LogP contribution >= 0.6 is 0 Å². The van der Waals surface area contributed by atoms with Gasteiger partial charge < -0.3 is 9.64 Å². The summed E-state index contributed by atoms with van der Waals surface area (Å²) in [5.41, 5.74) is 5.30. The maximum absolute atomic E-state index is 5.82. The van der Waals surface area contributed by atoms with Gasteiger partial charge in [0, 0.05) is 20.2 Å². The first-order valence-electron chi connectivity index (χ1n) is 9.65. The van der Waals surface area contributed by atoms with Crippen LogP contribution in [0.5, 0.6) is 0 Å². The van der Waals surface area contributed by atoms with Gasteiger partial charge in [0.15, 0.2) is 0 Å². The van der Waals surface area contributed by atoms with Gasteiger partial charge in [-0.05, 0) is 61.8 Å². The van der Waals surface area contributed by atoms with Crippen molar-refractivity contribution < 1.29 is 4.74 Å². The molecule has 0 saturated carbocycles. The Morgan fingerprint density at radius 1 is 1.04 bits per heavy atom. The molecule has 1 aromatic carbocycles. The first kappa shape index (κ1) is 19.0. The van der Waals surface area contributed by atoms with Crippen LogP contribution < -0.4 is 0 Å². The van der Waals surface area contributed by atoms with Crippen molar-refractivity contribution in [1.29, 1.82) is 0 Å². The van der Waals surface area contributed by atoms with Gasteiger partial charge >= 0.3 is 0 Å². The smallest absolute Gasteiger partial charge is 0.0909 e. The van der Waals surface area contributed by atoms with Gasteiger partial charge in [-0.2, -0.15) is 0 Å². The summed E-state index contributed by atoms with van der Waals surface area (Å²) in [5, 5.41) is 0. The molecule has 0 atom stereocenters. The molecule has 0 aromatic heterocycles. The lowest BCUT2D eigenvalue weighted by Crippen LogP contribution is -2.16. The van der Waals surface area contributed by atoms with Gasteiger partial charge in [-0.3, -0.25) is 0 Å². The molecule has 1 aliphatic heterocycles. The van der Waals surface area contributed by atoms with Crippen LogP contribution in [0.3, 0.4) is 0 Å². The summed E-state index contributed by atoms with van der Waals surface area (Å²) in [6.07, 6.45) is 11.8. The second-order valence-corrected chi connectivity index (χ2v) is 7.01. The Hall–Kier alpha value is -1.35. The van der Waals surface area contributed by atoms with Gasteiger partial charge in [-0.1, -0.05) is 32.3 Å². The zero-order chi connectivity index (χ0) is 17.2. The highest BCUT2D eigenvalue weighted by Gasteiger charge is 2.08. The van der Waals surface area contributed by atoms with Crippen molar-refractivity contribution in [3.63, 3.8) is 0 Å². The van der Waals surface area contributed by atoms with E-state index in [2.05, 4.69) is 37.9 Å². The zero-order valence-electron chi connectivity index (χ0n) is 15.8. The van der Waals surface area contributed by atoms with Gasteiger partial charge in [-0.15, -0.1) is 0 Å². The third kappa shape index (κ3) is 6.27. The summed E-state index contributed by atoms with van der Waals surface area (Å²) in [5.74, 6) is 0. The molecule has 24 heavy (non-hydrogen) atoms. The number of fused-ring (bicyclic) bond motifs is 1. The minimum atomic E-state index is 0.828. The second kappa shape index (κ2) is 10.5. The maximum atomic E-state index is 5.82. The molecule has 2 rings (SSSR count). The topological polar surface area (TPSA) is 24.8 Å². The quantitative estimate of drug-likeness (QED) is 0.569. The van der Waals surface area contributed by atoms with Crippen LogP contribution in [0.15, 0.2) is 17.1 Å². The standard InChI is InChI=1S/C21H34N2O/c1-4-12-23(3)17-22-21-16-20-11-14-24-13-9-7-5-6-8-10-19(20)15-18(21)2/h15-17H,4-14H2,1-3H3/b22-17+. The lowest BCUT2D eigenvalue weighted by atomic mass is 9.95. The van der Waals surface area contributed by atoms with Crippen molar-refractivity contribution in [3.8, 4) is 0 Å². The molecule has 0 bridgehead atoms. The van der Waals surface area contributed by atoms with Crippen molar-refractivity contribution in [2.75, 3.05) is 26.8 Å². The minimum absolute atomic E-state index is 0.828. The molecular weight excluding hydrogens is 296 g/mol. The second-order valence-electron chi connectivity index (χ2n) is 7.01. The van der Waals surface area contributed by atoms with Crippen molar-refractivity contribution in [2.45, 2.75) is 65.2 Å². The fourth-order valence-electron chi connectivity index (χ4n) is 3.31. The molecule has 0 N–H and O–H groups in total. The first-order valence-corrected chi connectivity index (χ1v) is 9.65. The third-order valence-electron chi connectivity index (χ3n) is 4.74. The van der Waals surface area contributed by atoms with Crippen LogP contribution in [0.1, 0.15) is 62.1 Å². The van der Waals surface area contributed by atoms with Crippen molar-refractivity contribution >= 4 is 12.0 Å². The van der Waals surface area contributed by atoms with Gasteiger partial charge in [0.1, 0.15) is 0 Å². The Labute approximate surface area is 148 Å². The number of nitrogens with zero attached hydrogens (tertiary/aromatic N) is 2. The van der Waals surface area contributed by atoms with E-state index in [-0.39, 0.29) is 0 Å². The molecule has 134 valence electrons. The summed E-state index contributed by atoms with van der Waals surface area (Å²) < 4.78 is 5.82. The minimum Gasteiger partial charge on any atom is -0.381 e. The van der Waals surface area contributed by atoms with E-state index < -0.39 is 0 Å². The normalized spacial score (nSPS) is 17.1. The Morgan fingerprint density at radius 2 is 1.79 bits per heavy atom. The lowest BCUT2D eigenvalue weighted by Gasteiger charge is -2.15. The summed E-state index contributed by atoms with van der Waals surface area (Å²) in [4.78, 5) is 6.88. The molecule has 0 radical (unpaired) electrons. The average Bonchev–Trinajstić information content (AvgIpc) is 2.55. The Bertz CT molecular complexity index is 525. The molecule has 0 saturated heterocycles. The van der Waals surface area contributed by atoms with E-state index in [1.54, 1.807) is 0 Å². The summed E-state index contributed by atoms with van der Waals surface area (Å²) in [6, 6.07) is 4.64. The van der Waals surface area contributed by atoms with E-state index in [4.69, 9.17) is 9.73 Å². The fraction of sp³-hybridized carbons (Fsp3) is 0.667. The molecule has 0 aliphatic carbocycles. The highest BCUT2D eigenvalue weighted by Crippen LogP contribution is 2.26. The van der Waals surface area contributed by atoms with E-state index in [0.717, 1.165) is 38.3 Å². The van der Waals surface area contributed by atoms with Crippen LogP contribution in [0.2, 0.25) is 0 Å². The number of ether oxygens (including phenoxy) is 1. The average molecular weight is 331 g/mol. The molecule has 3 heteroatoms. The van der Waals surface area contributed by atoms with E-state index in [1.165, 1.54) is 55.2 Å². The predicted molar refractivity (Wildman–Crippen MR) is 104 cm³/mol. The Balaban J connectivity index is 2.15. The van der Waals surface area contributed by atoms with Crippen molar-refractivity contribution in [1.82, 2.24) is 4.90 Å². The van der Waals surface area contributed by atoms with Gasteiger partial charge in [-0.25, -0.2) is 4.99 Å².